The zero-order valence-corrected chi connectivity index (χ0v) is 11.6. The molecule has 2 rings (SSSR count). The first-order valence-corrected chi connectivity index (χ1v) is 7.29. The second-order valence-electron chi connectivity index (χ2n) is 4.22. The largest absolute Gasteiger partial charge is 0.534 e. The van der Waals surface area contributed by atoms with Gasteiger partial charge in [0.15, 0.2) is 5.75 Å². The van der Waals surface area contributed by atoms with Crippen LogP contribution in [0.3, 0.4) is 0 Å². The number of alkyl halides is 3. The molecule has 0 aliphatic carbocycles. The third-order valence-corrected chi connectivity index (χ3v) is 3.86. The standard InChI is InChI=1S/C13H10F4O3S/c1-2-9-10(14)7-6-8-4-3-5-11(12(8)9)20-21(18,19)13(15,16)17/h3-7H,2H2,1H3. The predicted molar refractivity (Wildman–Crippen MR) is 68.9 cm³/mol. The van der Waals surface area contributed by atoms with Gasteiger partial charge in [-0.05, 0) is 29.5 Å². The van der Waals surface area contributed by atoms with Gasteiger partial charge in [-0.15, -0.1) is 0 Å². The quantitative estimate of drug-likeness (QED) is 0.491. The van der Waals surface area contributed by atoms with Crippen molar-refractivity contribution < 1.29 is 30.2 Å². The summed E-state index contributed by atoms with van der Waals surface area (Å²) in [5, 5.41) is 0.413. The molecule has 3 nitrogen and oxygen atoms in total. The maximum Gasteiger partial charge on any atom is 0.534 e. The molecule has 0 amide bonds. The second kappa shape index (κ2) is 5.18. The van der Waals surface area contributed by atoms with E-state index in [1.807, 2.05) is 0 Å². The number of rotatable bonds is 3. The second-order valence-corrected chi connectivity index (χ2v) is 5.75. The van der Waals surface area contributed by atoms with E-state index >= 15 is 0 Å². The van der Waals surface area contributed by atoms with Crippen LogP contribution < -0.4 is 4.18 Å². The minimum Gasteiger partial charge on any atom is -0.375 e. The van der Waals surface area contributed by atoms with Crippen LogP contribution in [0.15, 0.2) is 30.3 Å². The average molecular weight is 322 g/mol. The number of hydrogen-bond acceptors (Lipinski definition) is 3. The van der Waals surface area contributed by atoms with Crippen molar-refractivity contribution in [2.45, 2.75) is 18.9 Å². The van der Waals surface area contributed by atoms with E-state index in [4.69, 9.17) is 0 Å². The minimum atomic E-state index is -5.80. The molecule has 0 spiro atoms. The molecule has 0 heterocycles. The number of benzene rings is 2. The van der Waals surface area contributed by atoms with Crippen LogP contribution in [0.2, 0.25) is 0 Å². The first kappa shape index (κ1) is 15.6. The van der Waals surface area contributed by atoms with Gasteiger partial charge in [0, 0.05) is 5.39 Å². The van der Waals surface area contributed by atoms with E-state index in [9.17, 15) is 26.0 Å². The third kappa shape index (κ3) is 2.80. The molecule has 0 aliphatic rings. The van der Waals surface area contributed by atoms with Crippen LogP contribution in [0.1, 0.15) is 12.5 Å². The molecule has 0 atom stereocenters. The van der Waals surface area contributed by atoms with Crippen molar-refractivity contribution >= 4 is 20.9 Å². The molecule has 0 fully saturated rings. The molecular weight excluding hydrogens is 312 g/mol. The molecule has 8 heteroatoms. The Bertz CT molecular complexity index is 782. The topological polar surface area (TPSA) is 43.4 Å². The van der Waals surface area contributed by atoms with Gasteiger partial charge in [-0.25, -0.2) is 4.39 Å². The van der Waals surface area contributed by atoms with E-state index in [-0.39, 0.29) is 17.4 Å². The van der Waals surface area contributed by atoms with E-state index in [0.29, 0.717) is 5.39 Å². The molecule has 0 N–H and O–H groups in total. The zero-order chi connectivity index (χ0) is 15.8. The molecule has 0 saturated carbocycles. The van der Waals surface area contributed by atoms with Gasteiger partial charge < -0.3 is 4.18 Å². The lowest BCUT2D eigenvalue weighted by molar-refractivity contribution is -0.0499. The van der Waals surface area contributed by atoms with Crippen molar-refractivity contribution in [3.8, 4) is 5.75 Å². The van der Waals surface area contributed by atoms with Gasteiger partial charge in [-0.2, -0.15) is 21.6 Å². The fourth-order valence-electron chi connectivity index (χ4n) is 1.97. The average Bonchev–Trinajstić information content (AvgIpc) is 2.37. The molecule has 2 aromatic carbocycles. The van der Waals surface area contributed by atoms with Crippen LogP contribution in [0.4, 0.5) is 17.6 Å². The van der Waals surface area contributed by atoms with Gasteiger partial charge in [0.1, 0.15) is 5.82 Å². The van der Waals surface area contributed by atoms with Crippen molar-refractivity contribution in [2.75, 3.05) is 0 Å². The summed E-state index contributed by atoms with van der Waals surface area (Å²) in [6, 6.07) is 6.44. The summed E-state index contributed by atoms with van der Waals surface area (Å²) in [6.07, 6.45) is 0.176. The molecule has 0 radical (unpaired) electrons. The Morgan fingerprint density at radius 1 is 1.14 bits per heavy atom. The fourth-order valence-corrected chi connectivity index (χ4v) is 2.44. The summed E-state index contributed by atoms with van der Waals surface area (Å²) in [7, 11) is -5.80. The molecule has 2 aromatic rings. The Kier molecular flexibility index (Phi) is 3.83. The molecular formula is C13H10F4O3S. The van der Waals surface area contributed by atoms with Crippen LogP contribution in [0, 0.1) is 5.82 Å². The van der Waals surface area contributed by atoms with Gasteiger partial charge >= 0.3 is 15.6 Å². The van der Waals surface area contributed by atoms with Gasteiger partial charge in [0.25, 0.3) is 0 Å². The normalized spacial score (nSPS) is 12.6. The maximum atomic E-state index is 13.7. The molecule has 0 saturated heterocycles. The van der Waals surface area contributed by atoms with Crippen molar-refractivity contribution in [1.29, 1.82) is 0 Å². The zero-order valence-electron chi connectivity index (χ0n) is 10.7. The SMILES string of the molecule is CCc1c(F)ccc2cccc(OS(=O)(=O)C(F)(F)F)c12. The summed E-state index contributed by atoms with van der Waals surface area (Å²) in [5.41, 5.74) is -5.45. The monoisotopic (exact) mass is 322 g/mol. The molecule has 0 aliphatic heterocycles. The van der Waals surface area contributed by atoms with Crippen molar-refractivity contribution in [3.63, 3.8) is 0 Å². The number of halogens is 4. The van der Waals surface area contributed by atoms with E-state index < -0.39 is 27.2 Å². The maximum absolute atomic E-state index is 13.7. The summed E-state index contributed by atoms with van der Waals surface area (Å²) in [6.45, 7) is 1.60. The molecule has 0 aromatic heterocycles. The van der Waals surface area contributed by atoms with E-state index in [1.54, 1.807) is 6.92 Å². The Morgan fingerprint density at radius 2 is 1.81 bits per heavy atom. The minimum absolute atomic E-state index is 0.0211. The highest BCUT2D eigenvalue weighted by molar-refractivity contribution is 7.88. The molecule has 114 valence electrons. The van der Waals surface area contributed by atoms with Crippen molar-refractivity contribution in [1.82, 2.24) is 0 Å². The van der Waals surface area contributed by atoms with Crippen molar-refractivity contribution in [2.24, 2.45) is 0 Å². The van der Waals surface area contributed by atoms with Gasteiger partial charge in [0.2, 0.25) is 0 Å². The molecule has 0 unspecified atom stereocenters. The van der Waals surface area contributed by atoms with Crippen LogP contribution in [-0.2, 0) is 16.5 Å². The Morgan fingerprint density at radius 3 is 2.38 bits per heavy atom. The van der Waals surface area contributed by atoms with E-state index in [2.05, 4.69) is 4.18 Å². The third-order valence-electron chi connectivity index (χ3n) is 2.89. The van der Waals surface area contributed by atoms with Crippen molar-refractivity contribution in [3.05, 3.63) is 41.7 Å². The van der Waals surface area contributed by atoms with Gasteiger partial charge in [-0.3, -0.25) is 0 Å². The lowest BCUT2D eigenvalue weighted by Crippen LogP contribution is -2.28. The van der Waals surface area contributed by atoms with Gasteiger partial charge in [-0.1, -0.05) is 25.1 Å². The number of hydrogen-bond donors (Lipinski definition) is 0. The predicted octanol–water partition coefficient (Wildman–Crippen LogP) is 3.77. The summed E-state index contributed by atoms with van der Waals surface area (Å²) in [5.74, 6) is -1.17. The van der Waals surface area contributed by atoms with Crippen LogP contribution in [0.5, 0.6) is 5.75 Å². The highest BCUT2D eigenvalue weighted by atomic mass is 32.2. The molecule has 21 heavy (non-hydrogen) atoms. The lowest BCUT2D eigenvalue weighted by Gasteiger charge is -2.13. The Labute approximate surface area is 118 Å². The fraction of sp³-hybridized carbons (Fsp3) is 0.231. The van der Waals surface area contributed by atoms with Crippen LogP contribution in [-0.4, -0.2) is 13.9 Å². The first-order chi connectivity index (χ1) is 9.67. The molecule has 0 bridgehead atoms. The smallest absolute Gasteiger partial charge is 0.375 e. The van der Waals surface area contributed by atoms with E-state index in [1.165, 1.54) is 24.3 Å². The first-order valence-electron chi connectivity index (χ1n) is 5.88. The van der Waals surface area contributed by atoms with Crippen LogP contribution in [0.25, 0.3) is 10.8 Å². The summed E-state index contributed by atoms with van der Waals surface area (Å²) in [4.78, 5) is 0. The van der Waals surface area contributed by atoms with E-state index in [0.717, 1.165) is 6.07 Å². The van der Waals surface area contributed by atoms with Crippen LogP contribution >= 0.6 is 0 Å². The Hall–Kier alpha value is -1.83. The number of aryl methyl sites for hydroxylation is 1. The highest BCUT2D eigenvalue weighted by Gasteiger charge is 2.48. The summed E-state index contributed by atoms with van der Waals surface area (Å²) < 4.78 is 77.3. The summed E-state index contributed by atoms with van der Waals surface area (Å²) >= 11 is 0. The Balaban J connectivity index is 2.68. The highest BCUT2D eigenvalue weighted by Crippen LogP contribution is 2.34. The number of fused-ring (bicyclic) bond motifs is 1. The van der Waals surface area contributed by atoms with Gasteiger partial charge in [0.05, 0.1) is 0 Å². The lowest BCUT2D eigenvalue weighted by atomic mass is 10.0.